The highest BCUT2D eigenvalue weighted by Crippen LogP contribution is 2.28. The van der Waals surface area contributed by atoms with E-state index in [2.05, 4.69) is 10.4 Å². The second-order valence-corrected chi connectivity index (χ2v) is 7.63. The van der Waals surface area contributed by atoms with Gasteiger partial charge in [0.15, 0.2) is 0 Å². The molecule has 2 heterocycles. The van der Waals surface area contributed by atoms with Crippen molar-refractivity contribution in [3.8, 4) is 10.6 Å². The molecule has 0 saturated heterocycles. The van der Waals surface area contributed by atoms with E-state index in [-0.39, 0.29) is 18.0 Å². The van der Waals surface area contributed by atoms with Crippen LogP contribution in [0.1, 0.15) is 5.56 Å². The van der Waals surface area contributed by atoms with Crippen molar-refractivity contribution in [3.63, 3.8) is 0 Å². The lowest BCUT2D eigenvalue weighted by Gasteiger charge is -2.11. The minimum absolute atomic E-state index is 0.150. The molecule has 0 spiro atoms. The summed E-state index contributed by atoms with van der Waals surface area (Å²) < 4.78 is 1.23. The van der Waals surface area contributed by atoms with Crippen molar-refractivity contribution in [1.82, 2.24) is 15.1 Å². The Morgan fingerprint density at radius 2 is 1.89 bits per heavy atom. The Morgan fingerprint density at radius 1 is 1.07 bits per heavy atom. The molecule has 4 rings (SSSR count). The van der Waals surface area contributed by atoms with Crippen LogP contribution >= 0.6 is 22.9 Å². The monoisotopic (exact) mass is 409 g/mol. The number of nitrogens with one attached hydrogen (secondary N) is 1. The van der Waals surface area contributed by atoms with Crippen LogP contribution in [0.25, 0.3) is 21.3 Å². The number of hydrogen-bond donors (Lipinski definition) is 1. The van der Waals surface area contributed by atoms with Gasteiger partial charge in [-0.1, -0.05) is 48.0 Å². The van der Waals surface area contributed by atoms with Gasteiger partial charge < -0.3 is 5.32 Å². The van der Waals surface area contributed by atoms with E-state index >= 15 is 0 Å². The van der Waals surface area contributed by atoms with Gasteiger partial charge in [-0.2, -0.15) is 5.10 Å². The fourth-order valence-corrected chi connectivity index (χ4v) is 3.91. The summed E-state index contributed by atoms with van der Waals surface area (Å²) in [6.07, 6.45) is 0. The van der Waals surface area contributed by atoms with Crippen LogP contribution in [0.15, 0.2) is 70.8 Å². The second kappa shape index (κ2) is 7.96. The van der Waals surface area contributed by atoms with Crippen LogP contribution in [0.4, 0.5) is 0 Å². The maximum Gasteiger partial charge on any atom is 0.275 e. The summed E-state index contributed by atoms with van der Waals surface area (Å²) in [7, 11) is 0. The molecule has 28 heavy (non-hydrogen) atoms. The van der Waals surface area contributed by atoms with E-state index in [0.29, 0.717) is 22.6 Å². The van der Waals surface area contributed by atoms with Gasteiger partial charge in [0, 0.05) is 17.0 Å². The zero-order chi connectivity index (χ0) is 19.5. The Bertz CT molecular complexity index is 1200. The van der Waals surface area contributed by atoms with Crippen molar-refractivity contribution in [2.24, 2.45) is 0 Å². The second-order valence-electron chi connectivity index (χ2n) is 6.24. The highest BCUT2D eigenvalue weighted by molar-refractivity contribution is 7.13. The number of aromatic nitrogens is 2. The number of rotatable bonds is 5. The molecule has 0 fully saturated rings. The number of carbonyl (C=O) groups is 1. The number of halogens is 1. The highest BCUT2D eigenvalue weighted by atomic mass is 35.5. The van der Waals surface area contributed by atoms with Crippen LogP contribution in [0.5, 0.6) is 0 Å². The summed E-state index contributed by atoms with van der Waals surface area (Å²) in [4.78, 5) is 26.2. The van der Waals surface area contributed by atoms with Gasteiger partial charge in [-0.05, 0) is 35.2 Å². The van der Waals surface area contributed by atoms with Crippen LogP contribution in [-0.4, -0.2) is 15.7 Å². The predicted octanol–water partition coefficient (Wildman–Crippen LogP) is 4.09. The van der Waals surface area contributed by atoms with E-state index in [0.717, 1.165) is 15.8 Å². The molecule has 140 valence electrons. The molecule has 7 heteroatoms. The van der Waals surface area contributed by atoms with E-state index in [1.54, 1.807) is 29.5 Å². The van der Waals surface area contributed by atoms with Gasteiger partial charge in [0.25, 0.3) is 5.56 Å². The Hall–Kier alpha value is -2.96. The number of benzene rings is 2. The molecule has 0 aliphatic rings. The first kappa shape index (κ1) is 18.4. The van der Waals surface area contributed by atoms with Crippen LogP contribution in [0.2, 0.25) is 5.02 Å². The van der Waals surface area contributed by atoms with Crippen LogP contribution in [-0.2, 0) is 17.9 Å². The molecule has 0 unspecified atom stereocenters. The number of nitrogens with zero attached hydrogens (tertiary/aromatic N) is 2. The average molecular weight is 410 g/mol. The molecule has 0 radical (unpaired) electrons. The van der Waals surface area contributed by atoms with Gasteiger partial charge in [0.2, 0.25) is 5.91 Å². The van der Waals surface area contributed by atoms with Crippen molar-refractivity contribution < 1.29 is 4.79 Å². The molecule has 0 saturated carbocycles. The van der Waals surface area contributed by atoms with Gasteiger partial charge in [-0.3, -0.25) is 9.59 Å². The van der Waals surface area contributed by atoms with Crippen molar-refractivity contribution >= 4 is 39.6 Å². The van der Waals surface area contributed by atoms with Crippen molar-refractivity contribution in [1.29, 1.82) is 0 Å². The average Bonchev–Trinajstić information content (AvgIpc) is 3.23. The normalized spacial score (nSPS) is 10.9. The van der Waals surface area contributed by atoms with Crippen LogP contribution in [0.3, 0.4) is 0 Å². The van der Waals surface area contributed by atoms with Gasteiger partial charge in [-0.15, -0.1) is 11.3 Å². The SMILES string of the molecule is O=C(Cn1nc(-c2cccs2)c2ccccc2c1=O)NCc1cccc(Cl)c1. The van der Waals surface area contributed by atoms with Crippen LogP contribution < -0.4 is 10.9 Å². The Kier molecular flexibility index (Phi) is 5.23. The number of thiophene rings is 1. The van der Waals surface area contributed by atoms with Crippen LogP contribution in [0, 0.1) is 0 Å². The summed E-state index contributed by atoms with van der Waals surface area (Å²) in [5.74, 6) is -0.290. The Balaban J connectivity index is 1.62. The van der Waals surface area contributed by atoms with E-state index in [9.17, 15) is 9.59 Å². The molecule has 4 aromatic rings. The summed E-state index contributed by atoms with van der Waals surface area (Å²) in [5, 5.41) is 11.2. The van der Waals surface area contributed by atoms with E-state index in [4.69, 9.17) is 11.6 Å². The maximum atomic E-state index is 12.8. The first-order valence-electron chi connectivity index (χ1n) is 8.67. The molecule has 0 bridgehead atoms. The van der Waals surface area contributed by atoms with Gasteiger partial charge >= 0.3 is 0 Å². The molecule has 2 aromatic heterocycles. The quantitative estimate of drug-likeness (QED) is 0.539. The highest BCUT2D eigenvalue weighted by Gasteiger charge is 2.14. The lowest BCUT2D eigenvalue weighted by atomic mass is 10.1. The van der Waals surface area contributed by atoms with Crippen molar-refractivity contribution in [2.75, 3.05) is 0 Å². The molecule has 0 aliphatic heterocycles. The first-order valence-corrected chi connectivity index (χ1v) is 9.92. The van der Waals surface area contributed by atoms with E-state index in [1.807, 2.05) is 47.8 Å². The van der Waals surface area contributed by atoms with Gasteiger partial charge in [-0.25, -0.2) is 4.68 Å². The first-order chi connectivity index (χ1) is 13.6. The van der Waals surface area contributed by atoms with E-state index < -0.39 is 0 Å². The number of hydrogen-bond acceptors (Lipinski definition) is 4. The van der Waals surface area contributed by atoms with Crippen molar-refractivity contribution in [2.45, 2.75) is 13.1 Å². The number of fused-ring (bicyclic) bond motifs is 1. The molecule has 2 aromatic carbocycles. The molecular weight excluding hydrogens is 394 g/mol. The molecule has 5 nitrogen and oxygen atoms in total. The predicted molar refractivity (Wildman–Crippen MR) is 113 cm³/mol. The fraction of sp³-hybridized carbons (Fsp3) is 0.0952. The number of carbonyl (C=O) groups excluding carboxylic acids is 1. The summed E-state index contributed by atoms with van der Waals surface area (Å²) in [6, 6.07) is 18.5. The van der Waals surface area contributed by atoms with Crippen molar-refractivity contribution in [3.05, 3.63) is 87.0 Å². The minimum atomic E-state index is -0.290. The lowest BCUT2D eigenvalue weighted by Crippen LogP contribution is -2.33. The third-order valence-corrected chi connectivity index (χ3v) is 5.41. The molecule has 0 aliphatic carbocycles. The summed E-state index contributed by atoms with van der Waals surface area (Å²) in [5.41, 5.74) is 1.31. The molecule has 1 N–H and O–H groups in total. The van der Waals surface area contributed by atoms with E-state index in [1.165, 1.54) is 4.68 Å². The third-order valence-electron chi connectivity index (χ3n) is 4.29. The zero-order valence-corrected chi connectivity index (χ0v) is 16.3. The smallest absolute Gasteiger partial charge is 0.275 e. The molecule has 1 amide bonds. The summed E-state index contributed by atoms with van der Waals surface area (Å²) in [6.45, 7) is 0.183. The zero-order valence-electron chi connectivity index (χ0n) is 14.8. The number of amides is 1. The third kappa shape index (κ3) is 3.83. The Morgan fingerprint density at radius 3 is 2.64 bits per heavy atom. The minimum Gasteiger partial charge on any atom is -0.350 e. The fourth-order valence-electron chi connectivity index (χ4n) is 2.98. The maximum absolute atomic E-state index is 12.8. The standard InChI is InChI=1S/C21H16ClN3O2S/c22-15-6-3-5-14(11-15)12-23-19(26)13-25-21(27)17-8-2-1-7-16(17)20(24-25)18-9-4-10-28-18/h1-11H,12-13H2,(H,23,26). The largest absolute Gasteiger partial charge is 0.350 e. The Labute approximate surface area is 170 Å². The molecular formula is C21H16ClN3O2S. The van der Waals surface area contributed by atoms with Gasteiger partial charge in [0.1, 0.15) is 12.2 Å². The molecule has 0 atom stereocenters. The lowest BCUT2D eigenvalue weighted by molar-refractivity contribution is -0.122. The van der Waals surface area contributed by atoms with Gasteiger partial charge in [0.05, 0.1) is 10.3 Å². The topological polar surface area (TPSA) is 64.0 Å². The summed E-state index contributed by atoms with van der Waals surface area (Å²) >= 11 is 7.51.